The molecule has 0 aromatic heterocycles. The zero-order valence-corrected chi connectivity index (χ0v) is 12.7. The van der Waals surface area contributed by atoms with Crippen molar-refractivity contribution in [2.45, 2.75) is 19.8 Å². The highest BCUT2D eigenvalue weighted by Crippen LogP contribution is 2.39. The van der Waals surface area contributed by atoms with Crippen LogP contribution in [-0.2, 0) is 0 Å². The molecule has 2 aromatic carbocycles. The van der Waals surface area contributed by atoms with Crippen LogP contribution in [0.2, 0.25) is 10.0 Å². The van der Waals surface area contributed by atoms with Crippen LogP contribution in [0.5, 0.6) is 5.75 Å². The lowest BCUT2D eigenvalue weighted by atomic mass is 9.98. The van der Waals surface area contributed by atoms with Crippen molar-refractivity contribution in [2.75, 3.05) is 7.11 Å². The van der Waals surface area contributed by atoms with Gasteiger partial charge in [0.2, 0.25) is 0 Å². The number of benzene rings is 2. The summed E-state index contributed by atoms with van der Waals surface area (Å²) in [7, 11) is 1.65. The zero-order chi connectivity index (χ0) is 14.0. The van der Waals surface area contributed by atoms with Crippen LogP contribution in [0.1, 0.15) is 25.3 Å². The molecule has 100 valence electrons. The first-order chi connectivity index (χ1) is 9.04. The molecule has 0 bridgehead atoms. The molecule has 19 heavy (non-hydrogen) atoms. The van der Waals surface area contributed by atoms with Crippen molar-refractivity contribution in [3.63, 3.8) is 0 Å². The van der Waals surface area contributed by atoms with Gasteiger partial charge < -0.3 is 4.74 Å². The van der Waals surface area contributed by atoms with Crippen molar-refractivity contribution in [1.29, 1.82) is 0 Å². The summed E-state index contributed by atoms with van der Waals surface area (Å²) < 4.78 is 5.23. The molecule has 0 unspecified atom stereocenters. The van der Waals surface area contributed by atoms with E-state index in [-0.39, 0.29) is 0 Å². The smallest absolute Gasteiger partial charge is 0.119 e. The van der Waals surface area contributed by atoms with E-state index in [1.54, 1.807) is 7.11 Å². The number of ether oxygens (including phenoxy) is 1. The van der Waals surface area contributed by atoms with Crippen molar-refractivity contribution in [2.24, 2.45) is 0 Å². The molecular weight excluding hydrogens is 279 g/mol. The first-order valence-corrected chi connectivity index (χ1v) is 6.92. The molecule has 0 saturated carbocycles. The molecule has 0 aliphatic carbocycles. The predicted octanol–water partition coefficient (Wildman–Crippen LogP) is 5.79. The Bertz CT molecular complexity index is 591. The molecule has 0 N–H and O–H groups in total. The van der Waals surface area contributed by atoms with Crippen molar-refractivity contribution in [1.82, 2.24) is 0 Å². The van der Waals surface area contributed by atoms with Crippen LogP contribution in [-0.4, -0.2) is 7.11 Å². The fourth-order valence-electron chi connectivity index (χ4n) is 2.02. The second-order valence-electron chi connectivity index (χ2n) is 4.72. The minimum Gasteiger partial charge on any atom is -0.497 e. The van der Waals surface area contributed by atoms with E-state index in [0.29, 0.717) is 16.0 Å². The van der Waals surface area contributed by atoms with E-state index in [2.05, 4.69) is 13.8 Å². The van der Waals surface area contributed by atoms with Gasteiger partial charge in [0.1, 0.15) is 5.75 Å². The van der Waals surface area contributed by atoms with E-state index >= 15 is 0 Å². The number of hydrogen-bond acceptors (Lipinski definition) is 1. The van der Waals surface area contributed by atoms with Crippen LogP contribution >= 0.6 is 23.2 Å². The third kappa shape index (κ3) is 2.88. The highest BCUT2D eigenvalue weighted by atomic mass is 35.5. The monoisotopic (exact) mass is 294 g/mol. The van der Waals surface area contributed by atoms with Crippen LogP contribution in [0.3, 0.4) is 0 Å². The summed E-state index contributed by atoms with van der Waals surface area (Å²) in [6, 6.07) is 11.8. The molecule has 2 aromatic rings. The largest absolute Gasteiger partial charge is 0.497 e. The summed E-state index contributed by atoms with van der Waals surface area (Å²) in [4.78, 5) is 0. The Morgan fingerprint density at radius 3 is 2.37 bits per heavy atom. The molecule has 3 heteroatoms. The molecule has 0 atom stereocenters. The van der Waals surface area contributed by atoms with E-state index in [1.807, 2.05) is 36.4 Å². The first kappa shape index (κ1) is 14.2. The summed E-state index contributed by atoms with van der Waals surface area (Å²) in [6.07, 6.45) is 0. The van der Waals surface area contributed by atoms with Gasteiger partial charge in [-0.2, -0.15) is 0 Å². The summed E-state index contributed by atoms with van der Waals surface area (Å²) >= 11 is 12.8. The lowest BCUT2D eigenvalue weighted by Gasteiger charge is -2.13. The molecule has 0 radical (unpaired) electrons. The number of rotatable bonds is 3. The van der Waals surface area contributed by atoms with Gasteiger partial charge in [0.05, 0.1) is 17.2 Å². The van der Waals surface area contributed by atoms with Crippen molar-refractivity contribution < 1.29 is 4.74 Å². The molecule has 0 fully saturated rings. The Hall–Kier alpha value is -1.18. The van der Waals surface area contributed by atoms with E-state index in [0.717, 1.165) is 22.4 Å². The van der Waals surface area contributed by atoms with Gasteiger partial charge in [-0.1, -0.05) is 61.3 Å². The van der Waals surface area contributed by atoms with Gasteiger partial charge in [0.15, 0.2) is 0 Å². The fraction of sp³-hybridized carbons (Fsp3) is 0.250. The number of halogens is 2. The Morgan fingerprint density at radius 1 is 1.00 bits per heavy atom. The molecule has 0 saturated heterocycles. The summed E-state index contributed by atoms with van der Waals surface area (Å²) in [5, 5.41) is 1.23. The first-order valence-electron chi connectivity index (χ1n) is 6.17. The minimum absolute atomic E-state index is 0.351. The second-order valence-corrected chi connectivity index (χ2v) is 5.47. The average molecular weight is 295 g/mol. The van der Waals surface area contributed by atoms with Crippen molar-refractivity contribution >= 4 is 23.2 Å². The van der Waals surface area contributed by atoms with Gasteiger partial charge in [-0.25, -0.2) is 0 Å². The molecule has 0 aliphatic heterocycles. The lowest BCUT2D eigenvalue weighted by Crippen LogP contribution is -1.92. The van der Waals surface area contributed by atoms with Crippen LogP contribution in [0.15, 0.2) is 36.4 Å². The van der Waals surface area contributed by atoms with E-state index in [9.17, 15) is 0 Å². The molecular formula is C16H16Cl2O. The summed E-state index contributed by atoms with van der Waals surface area (Å²) in [5.74, 6) is 1.15. The maximum Gasteiger partial charge on any atom is 0.119 e. The number of methoxy groups -OCH3 is 1. The molecule has 1 nitrogen and oxygen atoms in total. The second kappa shape index (κ2) is 5.85. The van der Waals surface area contributed by atoms with Crippen molar-refractivity contribution in [3.8, 4) is 16.9 Å². The molecule has 0 aliphatic rings. The van der Waals surface area contributed by atoms with Crippen LogP contribution in [0, 0.1) is 0 Å². The van der Waals surface area contributed by atoms with E-state index in [1.165, 1.54) is 0 Å². The van der Waals surface area contributed by atoms with E-state index < -0.39 is 0 Å². The molecule has 0 spiro atoms. The quantitative estimate of drug-likeness (QED) is 0.696. The summed E-state index contributed by atoms with van der Waals surface area (Å²) in [5.41, 5.74) is 3.00. The Morgan fingerprint density at radius 2 is 1.74 bits per heavy atom. The third-order valence-electron chi connectivity index (χ3n) is 3.11. The average Bonchev–Trinajstić information content (AvgIpc) is 2.41. The van der Waals surface area contributed by atoms with Gasteiger partial charge >= 0.3 is 0 Å². The third-order valence-corrected chi connectivity index (χ3v) is 4.01. The van der Waals surface area contributed by atoms with Gasteiger partial charge in [0.25, 0.3) is 0 Å². The molecule has 0 amide bonds. The fourth-order valence-corrected chi connectivity index (χ4v) is 2.69. The maximum atomic E-state index is 6.40. The van der Waals surface area contributed by atoms with Gasteiger partial charge in [-0.3, -0.25) is 0 Å². The van der Waals surface area contributed by atoms with Gasteiger partial charge in [-0.15, -0.1) is 0 Å². The van der Waals surface area contributed by atoms with Gasteiger partial charge in [0, 0.05) is 5.56 Å². The topological polar surface area (TPSA) is 9.23 Å². The predicted molar refractivity (Wildman–Crippen MR) is 82.5 cm³/mol. The number of hydrogen-bond donors (Lipinski definition) is 0. The van der Waals surface area contributed by atoms with Crippen molar-refractivity contribution in [3.05, 3.63) is 52.0 Å². The zero-order valence-electron chi connectivity index (χ0n) is 11.2. The normalized spacial score (nSPS) is 10.8. The van der Waals surface area contributed by atoms with E-state index in [4.69, 9.17) is 27.9 Å². The molecule has 2 rings (SSSR count). The van der Waals surface area contributed by atoms with Crippen LogP contribution in [0.25, 0.3) is 11.1 Å². The highest BCUT2D eigenvalue weighted by molar-refractivity contribution is 6.44. The Balaban J connectivity index is 2.54. The lowest BCUT2D eigenvalue weighted by molar-refractivity contribution is 0.415. The van der Waals surface area contributed by atoms with Gasteiger partial charge in [-0.05, 0) is 29.2 Å². The Labute approximate surface area is 124 Å². The minimum atomic E-state index is 0.351. The summed E-state index contributed by atoms with van der Waals surface area (Å²) in [6.45, 7) is 4.20. The molecule has 0 heterocycles. The maximum absolute atomic E-state index is 6.40. The Kier molecular flexibility index (Phi) is 4.38. The standard InChI is InChI=1S/C16H16Cl2O/c1-10(2)13-7-8-14(16(18)15(13)17)11-5-4-6-12(9-11)19-3/h4-10H,1-3H3. The van der Waals surface area contributed by atoms with Crippen LogP contribution < -0.4 is 4.74 Å². The highest BCUT2D eigenvalue weighted by Gasteiger charge is 2.13. The SMILES string of the molecule is COc1cccc(-c2ccc(C(C)C)c(Cl)c2Cl)c1. The van der Waals surface area contributed by atoms with Crippen LogP contribution in [0.4, 0.5) is 0 Å².